The topological polar surface area (TPSA) is 52.3 Å². The number of rotatable bonds is 4. The minimum atomic E-state index is -3.58. The van der Waals surface area contributed by atoms with Crippen LogP contribution in [0.5, 0.6) is 0 Å². The van der Waals surface area contributed by atoms with Gasteiger partial charge >= 0.3 is 11.2 Å². The third-order valence-corrected chi connectivity index (χ3v) is 2.57. The van der Waals surface area contributed by atoms with E-state index in [4.69, 9.17) is 5.73 Å². The Hall–Kier alpha value is -1.30. The molecule has 88 valence electrons. The highest BCUT2D eigenvalue weighted by atomic mass is 32.2. The Labute approximate surface area is 96.0 Å². The molecule has 16 heavy (non-hydrogen) atoms. The zero-order chi connectivity index (χ0) is 12.2. The SMILES string of the molecule is CCOC(=O)C(F)(F)Sc1ccc(N)cc1. The molecule has 1 aromatic carbocycles. The van der Waals surface area contributed by atoms with Crippen LogP contribution >= 0.6 is 11.8 Å². The van der Waals surface area contributed by atoms with E-state index in [0.29, 0.717) is 5.69 Å². The molecule has 2 N–H and O–H groups in total. The van der Waals surface area contributed by atoms with Crippen LogP contribution in [0.4, 0.5) is 14.5 Å². The van der Waals surface area contributed by atoms with E-state index in [2.05, 4.69) is 4.74 Å². The summed E-state index contributed by atoms with van der Waals surface area (Å²) in [5.41, 5.74) is 5.89. The third kappa shape index (κ3) is 3.37. The van der Waals surface area contributed by atoms with Crippen molar-refractivity contribution in [2.45, 2.75) is 17.1 Å². The summed E-state index contributed by atoms with van der Waals surface area (Å²) in [6.45, 7) is 1.40. The fraction of sp³-hybridized carbons (Fsp3) is 0.300. The maximum atomic E-state index is 13.2. The molecule has 0 aliphatic carbocycles. The maximum Gasteiger partial charge on any atom is 0.393 e. The van der Waals surface area contributed by atoms with E-state index in [1.165, 1.54) is 31.2 Å². The predicted molar refractivity (Wildman–Crippen MR) is 58.3 cm³/mol. The van der Waals surface area contributed by atoms with Gasteiger partial charge in [-0.3, -0.25) is 0 Å². The van der Waals surface area contributed by atoms with E-state index in [9.17, 15) is 13.6 Å². The van der Waals surface area contributed by atoms with Gasteiger partial charge in [0, 0.05) is 10.6 Å². The molecule has 1 aromatic rings. The van der Waals surface area contributed by atoms with Crippen LogP contribution in [-0.4, -0.2) is 17.8 Å². The quantitative estimate of drug-likeness (QED) is 0.504. The molecule has 6 heteroatoms. The minimum Gasteiger partial charge on any atom is -0.461 e. The summed E-state index contributed by atoms with van der Waals surface area (Å²) in [6.07, 6.45) is 0. The van der Waals surface area contributed by atoms with Crippen molar-refractivity contribution in [1.82, 2.24) is 0 Å². The molecule has 0 aliphatic heterocycles. The molecule has 0 fully saturated rings. The van der Waals surface area contributed by atoms with E-state index in [1.807, 2.05) is 0 Å². The summed E-state index contributed by atoms with van der Waals surface area (Å²) in [4.78, 5) is 11.2. The van der Waals surface area contributed by atoms with Gasteiger partial charge in [0.25, 0.3) is 0 Å². The Morgan fingerprint density at radius 3 is 2.50 bits per heavy atom. The highest BCUT2D eigenvalue weighted by Crippen LogP contribution is 2.36. The van der Waals surface area contributed by atoms with Crippen molar-refractivity contribution in [3.8, 4) is 0 Å². The molecule has 0 atom stereocenters. The summed E-state index contributed by atoms with van der Waals surface area (Å²) < 4.78 is 30.8. The van der Waals surface area contributed by atoms with Gasteiger partial charge in [-0.05, 0) is 43.0 Å². The average Bonchev–Trinajstić information content (AvgIpc) is 2.21. The number of alkyl halides is 2. The van der Waals surface area contributed by atoms with Gasteiger partial charge in [-0.1, -0.05) is 0 Å². The van der Waals surface area contributed by atoms with Crippen molar-refractivity contribution in [3.63, 3.8) is 0 Å². The van der Waals surface area contributed by atoms with Crippen LogP contribution in [0.3, 0.4) is 0 Å². The van der Waals surface area contributed by atoms with Gasteiger partial charge < -0.3 is 10.5 Å². The minimum absolute atomic E-state index is 0.0727. The van der Waals surface area contributed by atoms with E-state index >= 15 is 0 Å². The first-order valence-corrected chi connectivity index (χ1v) is 5.37. The Kier molecular flexibility index (Phi) is 4.12. The zero-order valence-electron chi connectivity index (χ0n) is 8.57. The van der Waals surface area contributed by atoms with Gasteiger partial charge in [-0.25, -0.2) is 4.79 Å². The number of carbonyl (C=O) groups excluding carboxylic acids is 1. The Balaban J connectivity index is 2.72. The number of ether oxygens (including phenoxy) is 1. The second-order valence-corrected chi connectivity index (χ2v) is 4.10. The van der Waals surface area contributed by atoms with Crippen LogP contribution in [0, 0.1) is 0 Å². The highest BCUT2D eigenvalue weighted by molar-refractivity contribution is 8.01. The summed E-state index contributed by atoms with van der Waals surface area (Å²) in [5.74, 6) is -1.53. The highest BCUT2D eigenvalue weighted by Gasteiger charge is 2.41. The molecule has 3 nitrogen and oxygen atoms in total. The number of halogens is 2. The van der Waals surface area contributed by atoms with Gasteiger partial charge in [-0.2, -0.15) is 8.78 Å². The van der Waals surface area contributed by atoms with Gasteiger partial charge in [0.05, 0.1) is 6.61 Å². The summed E-state index contributed by atoms with van der Waals surface area (Å²) in [7, 11) is 0. The number of esters is 1. The van der Waals surface area contributed by atoms with Crippen molar-refractivity contribution < 1.29 is 18.3 Å². The number of hydrogen-bond acceptors (Lipinski definition) is 4. The van der Waals surface area contributed by atoms with E-state index in [0.717, 1.165) is 0 Å². The number of nitrogen functional groups attached to an aromatic ring is 1. The molecule has 0 unspecified atom stereocenters. The zero-order valence-corrected chi connectivity index (χ0v) is 9.39. The number of thioether (sulfide) groups is 1. The first-order chi connectivity index (χ1) is 7.45. The Morgan fingerprint density at radius 1 is 1.44 bits per heavy atom. The lowest BCUT2D eigenvalue weighted by Crippen LogP contribution is -2.26. The van der Waals surface area contributed by atoms with Crippen LogP contribution in [0.1, 0.15) is 6.92 Å². The molecule has 0 spiro atoms. The van der Waals surface area contributed by atoms with Crippen LogP contribution in [0.25, 0.3) is 0 Å². The predicted octanol–water partition coefficient (Wildman–Crippen LogP) is 2.52. The maximum absolute atomic E-state index is 13.2. The van der Waals surface area contributed by atoms with E-state index in [-0.39, 0.29) is 23.3 Å². The number of carbonyl (C=O) groups is 1. The van der Waals surface area contributed by atoms with Gasteiger partial charge in [-0.15, -0.1) is 0 Å². The third-order valence-electron chi connectivity index (χ3n) is 1.64. The molecule has 0 bridgehead atoms. The molecule has 0 saturated carbocycles. The van der Waals surface area contributed by atoms with Crippen LogP contribution in [-0.2, 0) is 9.53 Å². The smallest absolute Gasteiger partial charge is 0.393 e. The first-order valence-electron chi connectivity index (χ1n) is 4.55. The fourth-order valence-electron chi connectivity index (χ4n) is 0.941. The van der Waals surface area contributed by atoms with Crippen molar-refractivity contribution in [2.24, 2.45) is 0 Å². The second kappa shape index (κ2) is 5.16. The molecule has 0 heterocycles. The van der Waals surface area contributed by atoms with Gasteiger partial charge in [0.15, 0.2) is 0 Å². The standard InChI is InChI=1S/C10H11F2NO2S/c1-2-15-9(14)10(11,12)16-8-5-3-7(13)4-6-8/h3-6H,2,13H2,1H3. The van der Waals surface area contributed by atoms with Crippen LogP contribution in [0.15, 0.2) is 29.2 Å². The lowest BCUT2D eigenvalue weighted by atomic mass is 10.3. The molecular formula is C10H11F2NO2S. The van der Waals surface area contributed by atoms with Crippen molar-refractivity contribution in [3.05, 3.63) is 24.3 Å². The van der Waals surface area contributed by atoms with Gasteiger partial charge in [0.2, 0.25) is 0 Å². The van der Waals surface area contributed by atoms with Crippen molar-refractivity contribution >= 4 is 23.4 Å². The summed E-state index contributed by atoms with van der Waals surface area (Å²) in [5, 5.41) is -3.58. The number of hydrogen-bond donors (Lipinski definition) is 1. The van der Waals surface area contributed by atoms with E-state index in [1.54, 1.807) is 0 Å². The van der Waals surface area contributed by atoms with E-state index < -0.39 is 11.2 Å². The molecule has 1 rings (SSSR count). The molecule has 0 amide bonds. The van der Waals surface area contributed by atoms with Crippen molar-refractivity contribution in [2.75, 3.05) is 12.3 Å². The number of benzene rings is 1. The molecule has 0 aromatic heterocycles. The molecule has 0 saturated heterocycles. The largest absolute Gasteiger partial charge is 0.461 e. The fourth-order valence-corrected chi connectivity index (χ4v) is 1.65. The van der Waals surface area contributed by atoms with Gasteiger partial charge in [0.1, 0.15) is 0 Å². The Morgan fingerprint density at radius 2 is 2.00 bits per heavy atom. The second-order valence-electron chi connectivity index (χ2n) is 2.91. The van der Waals surface area contributed by atoms with Crippen LogP contribution < -0.4 is 5.73 Å². The number of nitrogens with two attached hydrogens (primary N) is 1. The molecule has 0 radical (unpaired) electrons. The average molecular weight is 247 g/mol. The normalized spacial score (nSPS) is 11.2. The molecular weight excluding hydrogens is 236 g/mol. The summed E-state index contributed by atoms with van der Waals surface area (Å²) >= 11 is 0.139. The number of anilines is 1. The lowest BCUT2D eigenvalue weighted by Gasteiger charge is -2.13. The lowest BCUT2D eigenvalue weighted by molar-refractivity contribution is -0.159. The first kappa shape index (κ1) is 12.8. The summed E-state index contributed by atoms with van der Waals surface area (Å²) in [6, 6.07) is 5.83. The molecule has 0 aliphatic rings. The van der Waals surface area contributed by atoms with Crippen LogP contribution in [0.2, 0.25) is 0 Å². The van der Waals surface area contributed by atoms with Crippen molar-refractivity contribution in [1.29, 1.82) is 0 Å². The monoisotopic (exact) mass is 247 g/mol. The Bertz CT molecular complexity index is 368.